The lowest BCUT2D eigenvalue weighted by Gasteiger charge is -2.32. The molecule has 1 aromatic heterocycles. The Kier molecular flexibility index (Phi) is 4.14. The van der Waals surface area contributed by atoms with E-state index in [0.29, 0.717) is 12.5 Å². The van der Waals surface area contributed by atoms with E-state index in [-0.39, 0.29) is 0 Å². The normalized spacial score (nSPS) is 21.3. The van der Waals surface area contributed by atoms with E-state index in [1.165, 1.54) is 30.6 Å². The molecule has 1 aliphatic heterocycles. The van der Waals surface area contributed by atoms with E-state index < -0.39 is 0 Å². The van der Waals surface area contributed by atoms with Gasteiger partial charge in [-0.05, 0) is 24.3 Å². The third-order valence-electron chi connectivity index (χ3n) is 4.83. The molecule has 23 heavy (non-hydrogen) atoms. The third kappa shape index (κ3) is 3.46. The minimum Gasteiger partial charge on any atom is -0.376 e. The van der Waals surface area contributed by atoms with Crippen molar-refractivity contribution in [1.29, 1.82) is 0 Å². The van der Waals surface area contributed by atoms with Crippen LogP contribution in [0.25, 0.3) is 0 Å². The molecule has 2 aromatic rings. The molecule has 1 atom stereocenters. The molecule has 0 unspecified atom stereocenters. The largest absolute Gasteiger partial charge is 0.376 e. The molecule has 0 amide bonds. The molecule has 5 nitrogen and oxygen atoms in total. The van der Waals surface area contributed by atoms with Crippen LogP contribution in [0.4, 0.5) is 0 Å². The molecular formula is C18H24N4O. The molecular weight excluding hydrogens is 288 g/mol. The van der Waals surface area contributed by atoms with E-state index in [1.807, 2.05) is 17.8 Å². The zero-order valence-corrected chi connectivity index (χ0v) is 13.7. The summed E-state index contributed by atoms with van der Waals surface area (Å²) < 4.78 is 7.94. The van der Waals surface area contributed by atoms with Crippen LogP contribution >= 0.6 is 0 Å². The second-order valence-electron chi connectivity index (χ2n) is 6.88. The summed E-state index contributed by atoms with van der Waals surface area (Å²) in [4.78, 5) is 2.53. The van der Waals surface area contributed by atoms with Crippen molar-refractivity contribution in [2.45, 2.75) is 31.9 Å². The van der Waals surface area contributed by atoms with E-state index in [4.69, 9.17) is 4.74 Å². The monoisotopic (exact) mass is 312 g/mol. The lowest BCUT2D eigenvalue weighted by Crippen LogP contribution is -2.37. The second-order valence-corrected chi connectivity index (χ2v) is 6.88. The standard InChI is InChI=1S/C18H24N4O/c1-21-18-16(13-23-12-15-5-3-2-4-6-15)10-22(9-14-7-8-14)11-17(18)19-20-21/h2-6,14,16H,7-13H2,1H3/t16-/m0/s1. The molecule has 0 radical (unpaired) electrons. The fraction of sp³-hybridized carbons (Fsp3) is 0.556. The molecule has 1 saturated carbocycles. The summed E-state index contributed by atoms with van der Waals surface area (Å²) in [6.45, 7) is 4.59. The van der Waals surface area contributed by atoms with Gasteiger partial charge in [0.05, 0.1) is 18.9 Å². The Morgan fingerprint density at radius 1 is 1.22 bits per heavy atom. The summed E-state index contributed by atoms with van der Waals surface area (Å²) >= 11 is 0. The molecule has 2 heterocycles. The maximum Gasteiger partial charge on any atom is 0.100 e. The summed E-state index contributed by atoms with van der Waals surface area (Å²) in [7, 11) is 1.99. The molecule has 2 aliphatic rings. The molecule has 1 fully saturated rings. The molecule has 0 N–H and O–H groups in total. The maximum atomic E-state index is 6.01. The minimum absolute atomic E-state index is 0.362. The fourth-order valence-corrected chi connectivity index (χ4v) is 3.52. The Morgan fingerprint density at radius 3 is 2.83 bits per heavy atom. The summed E-state index contributed by atoms with van der Waals surface area (Å²) in [6, 6.07) is 10.4. The Balaban J connectivity index is 1.41. The van der Waals surface area contributed by atoms with E-state index in [0.717, 1.165) is 31.3 Å². The topological polar surface area (TPSA) is 43.2 Å². The lowest BCUT2D eigenvalue weighted by atomic mass is 9.98. The van der Waals surface area contributed by atoms with Crippen molar-refractivity contribution in [1.82, 2.24) is 19.9 Å². The van der Waals surface area contributed by atoms with Gasteiger partial charge in [-0.2, -0.15) is 0 Å². The van der Waals surface area contributed by atoms with Crippen molar-refractivity contribution in [3.8, 4) is 0 Å². The first-order chi connectivity index (χ1) is 11.3. The quantitative estimate of drug-likeness (QED) is 0.821. The van der Waals surface area contributed by atoms with Gasteiger partial charge in [0.1, 0.15) is 5.69 Å². The summed E-state index contributed by atoms with van der Waals surface area (Å²) in [5.41, 5.74) is 3.61. The van der Waals surface area contributed by atoms with E-state index >= 15 is 0 Å². The molecule has 1 aromatic carbocycles. The van der Waals surface area contributed by atoms with Crippen LogP contribution in [0.1, 0.15) is 35.7 Å². The van der Waals surface area contributed by atoms with Gasteiger partial charge in [-0.3, -0.25) is 9.58 Å². The van der Waals surface area contributed by atoms with Gasteiger partial charge in [0.15, 0.2) is 0 Å². The van der Waals surface area contributed by atoms with Crippen molar-refractivity contribution in [2.75, 3.05) is 19.7 Å². The first kappa shape index (κ1) is 14.8. The summed E-state index contributed by atoms with van der Waals surface area (Å²) in [5, 5.41) is 8.59. The molecule has 0 saturated heterocycles. The van der Waals surface area contributed by atoms with Crippen molar-refractivity contribution >= 4 is 0 Å². The molecule has 0 spiro atoms. The van der Waals surface area contributed by atoms with Crippen molar-refractivity contribution in [3.05, 3.63) is 47.3 Å². The van der Waals surface area contributed by atoms with Crippen LogP contribution in [-0.2, 0) is 24.9 Å². The number of hydrogen-bond acceptors (Lipinski definition) is 4. The van der Waals surface area contributed by atoms with Crippen molar-refractivity contribution < 1.29 is 4.74 Å². The second kappa shape index (κ2) is 6.42. The highest BCUT2D eigenvalue weighted by molar-refractivity contribution is 5.20. The smallest absolute Gasteiger partial charge is 0.100 e. The number of fused-ring (bicyclic) bond motifs is 1. The highest BCUT2D eigenvalue weighted by Crippen LogP contribution is 2.33. The van der Waals surface area contributed by atoms with Gasteiger partial charge < -0.3 is 4.74 Å². The van der Waals surface area contributed by atoms with Crippen LogP contribution in [-0.4, -0.2) is 39.6 Å². The third-order valence-corrected chi connectivity index (χ3v) is 4.83. The fourth-order valence-electron chi connectivity index (χ4n) is 3.52. The van der Waals surface area contributed by atoms with Gasteiger partial charge in [-0.25, -0.2) is 0 Å². The highest BCUT2D eigenvalue weighted by Gasteiger charge is 2.33. The molecule has 122 valence electrons. The summed E-state index contributed by atoms with van der Waals surface area (Å²) in [5.74, 6) is 1.26. The van der Waals surface area contributed by atoms with Crippen LogP contribution in [0.15, 0.2) is 30.3 Å². The first-order valence-corrected chi connectivity index (χ1v) is 8.52. The maximum absolute atomic E-state index is 6.01. The Bertz CT molecular complexity index is 650. The zero-order chi connectivity index (χ0) is 15.6. The number of rotatable bonds is 6. The van der Waals surface area contributed by atoms with E-state index in [9.17, 15) is 0 Å². The SMILES string of the molecule is Cn1nnc2c1[C@H](COCc1ccccc1)CN(CC1CC1)C2. The Labute approximate surface area is 137 Å². The molecule has 4 rings (SSSR count). The minimum atomic E-state index is 0.362. The first-order valence-electron chi connectivity index (χ1n) is 8.52. The van der Waals surface area contributed by atoms with Crippen LogP contribution in [0.3, 0.4) is 0 Å². The van der Waals surface area contributed by atoms with Crippen molar-refractivity contribution in [3.63, 3.8) is 0 Å². The van der Waals surface area contributed by atoms with Gasteiger partial charge in [-0.15, -0.1) is 5.10 Å². The van der Waals surface area contributed by atoms with Crippen molar-refractivity contribution in [2.24, 2.45) is 13.0 Å². The van der Waals surface area contributed by atoms with Crippen LogP contribution in [0, 0.1) is 5.92 Å². The average Bonchev–Trinajstić information content (AvgIpc) is 3.30. The number of benzene rings is 1. The number of nitrogens with zero attached hydrogens (tertiary/aromatic N) is 4. The average molecular weight is 312 g/mol. The van der Waals surface area contributed by atoms with Gasteiger partial charge >= 0.3 is 0 Å². The predicted octanol–water partition coefficient (Wildman–Crippen LogP) is 2.34. The molecule has 0 bridgehead atoms. The van der Waals surface area contributed by atoms with E-state index in [2.05, 4.69) is 39.5 Å². The number of aromatic nitrogens is 3. The van der Waals surface area contributed by atoms with Gasteiger partial charge in [0, 0.05) is 32.6 Å². The summed E-state index contributed by atoms with van der Waals surface area (Å²) in [6.07, 6.45) is 2.78. The van der Waals surface area contributed by atoms with Gasteiger partial charge in [-0.1, -0.05) is 35.5 Å². The highest BCUT2D eigenvalue weighted by atomic mass is 16.5. The van der Waals surface area contributed by atoms with E-state index in [1.54, 1.807) is 0 Å². The number of aryl methyl sites for hydroxylation is 1. The molecule has 5 heteroatoms. The zero-order valence-electron chi connectivity index (χ0n) is 13.7. The number of hydrogen-bond donors (Lipinski definition) is 0. The predicted molar refractivity (Wildman–Crippen MR) is 87.8 cm³/mol. The Hall–Kier alpha value is -1.72. The lowest BCUT2D eigenvalue weighted by molar-refractivity contribution is 0.0835. The van der Waals surface area contributed by atoms with Gasteiger partial charge in [0.25, 0.3) is 0 Å². The van der Waals surface area contributed by atoms with Crippen LogP contribution < -0.4 is 0 Å². The molecule has 1 aliphatic carbocycles. The Morgan fingerprint density at radius 2 is 2.04 bits per heavy atom. The van der Waals surface area contributed by atoms with Crippen LogP contribution in [0.2, 0.25) is 0 Å². The van der Waals surface area contributed by atoms with Crippen LogP contribution in [0.5, 0.6) is 0 Å². The number of ether oxygens (including phenoxy) is 1. The van der Waals surface area contributed by atoms with Gasteiger partial charge in [0.2, 0.25) is 0 Å².